The largest absolute Gasteiger partial charge is 0.284 e. The van der Waals surface area contributed by atoms with Gasteiger partial charge in [-0.25, -0.2) is 4.98 Å². The molecule has 2 heterocycles. The number of aromatic nitrogens is 2. The van der Waals surface area contributed by atoms with E-state index >= 15 is 0 Å². The number of rotatable bonds is 8. The van der Waals surface area contributed by atoms with Gasteiger partial charge < -0.3 is 0 Å². The van der Waals surface area contributed by atoms with E-state index in [-0.39, 0.29) is 5.91 Å². The Hall–Kier alpha value is -2.22. The third kappa shape index (κ3) is 5.47. The molecular formula is C23H20BrN3OS2. The maximum Gasteiger partial charge on any atom is 0.229 e. The van der Waals surface area contributed by atoms with Crippen LogP contribution in [0.3, 0.4) is 0 Å². The minimum absolute atomic E-state index is 0.0959. The number of anilines is 1. The van der Waals surface area contributed by atoms with Gasteiger partial charge in [0.15, 0.2) is 5.13 Å². The molecule has 4 rings (SSSR count). The van der Waals surface area contributed by atoms with Crippen molar-refractivity contribution in [3.05, 3.63) is 83.1 Å². The van der Waals surface area contributed by atoms with Crippen molar-refractivity contribution in [2.24, 2.45) is 0 Å². The minimum atomic E-state index is 0.0959. The molecule has 2 aromatic carbocycles. The van der Waals surface area contributed by atoms with Crippen LogP contribution in [0.4, 0.5) is 5.13 Å². The highest BCUT2D eigenvalue weighted by Gasteiger charge is 2.20. The topological polar surface area (TPSA) is 46.1 Å². The number of carbonyl (C=O) groups is 1. The quantitative estimate of drug-likeness (QED) is 0.204. The summed E-state index contributed by atoms with van der Waals surface area (Å²) in [4.78, 5) is 25.0. The summed E-state index contributed by atoms with van der Waals surface area (Å²) >= 11 is 6.84. The molecule has 0 fully saturated rings. The monoisotopic (exact) mass is 497 g/mol. The zero-order valence-corrected chi connectivity index (χ0v) is 19.4. The molecule has 0 saturated heterocycles. The van der Waals surface area contributed by atoms with Crippen molar-refractivity contribution in [2.75, 3.05) is 10.7 Å². The molecule has 0 aliphatic heterocycles. The number of hydrogen-bond donors (Lipinski definition) is 0. The fourth-order valence-corrected chi connectivity index (χ4v) is 5.41. The van der Waals surface area contributed by atoms with Crippen LogP contribution in [0, 0.1) is 0 Å². The molecule has 0 bridgehead atoms. The second kappa shape index (κ2) is 10.2. The Morgan fingerprint density at radius 3 is 2.67 bits per heavy atom. The summed E-state index contributed by atoms with van der Waals surface area (Å²) in [6.07, 6.45) is 4.82. The van der Waals surface area contributed by atoms with Gasteiger partial charge in [-0.3, -0.25) is 14.7 Å². The highest BCUT2D eigenvalue weighted by molar-refractivity contribution is 9.10. The summed E-state index contributed by atoms with van der Waals surface area (Å²) in [7, 11) is 0. The summed E-state index contributed by atoms with van der Waals surface area (Å²) in [6, 6.07) is 20.2. The molecule has 30 heavy (non-hydrogen) atoms. The summed E-state index contributed by atoms with van der Waals surface area (Å²) in [6.45, 7) is 0.494. The van der Waals surface area contributed by atoms with Gasteiger partial charge in [0, 0.05) is 28.2 Å². The molecule has 0 N–H and O–H groups in total. The zero-order chi connectivity index (χ0) is 20.8. The van der Waals surface area contributed by atoms with Gasteiger partial charge in [0.1, 0.15) is 0 Å². The molecule has 0 radical (unpaired) electrons. The molecule has 0 aliphatic carbocycles. The Labute approximate surface area is 192 Å². The summed E-state index contributed by atoms with van der Waals surface area (Å²) in [5.74, 6) is 1.00. The number of amides is 1. The third-order valence-electron chi connectivity index (χ3n) is 4.51. The molecule has 2 aromatic heterocycles. The minimum Gasteiger partial charge on any atom is -0.284 e. The SMILES string of the molecule is O=C(CCCSc1ccccc1)N(Cc1ccncc1)c1nc2ccc(Br)cc2s1. The Kier molecular flexibility index (Phi) is 7.15. The number of halogens is 1. The van der Waals surface area contributed by atoms with Crippen molar-refractivity contribution < 1.29 is 4.79 Å². The lowest BCUT2D eigenvalue weighted by Crippen LogP contribution is -2.30. The predicted octanol–water partition coefficient (Wildman–Crippen LogP) is 6.56. The fourth-order valence-electron chi connectivity index (χ4n) is 3.00. The summed E-state index contributed by atoms with van der Waals surface area (Å²) in [5, 5.41) is 0.737. The molecule has 0 atom stereocenters. The van der Waals surface area contributed by atoms with E-state index in [1.165, 1.54) is 4.90 Å². The average molecular weight is 498 g/mol. The van der Waals surface area contributed by atoms with Crippen LogP contribution < -0.4 is 4.90 Å². The maximum absolute atomic E-state index is 13.2. The maximum atomic E-state index is 13.2. The first-order chi connectivity index (χ1) is 14.7. The molecule has 4 nitrogen and oxygen atoms in total. The predicted molar refractivity (Wildman–Crippen MR) is 129 cm³/mol. The second-order valence-corrected chi connectivity index (χ2v) is 9.80. The van der Waals surface area contributed by atoms with Gasteiger partial charge >= 0.3 is 0 Å². The lowest BCUT2D eigenvalue weighted by Gasteiger charge is -2.20. The molecule has 0 unspecified atom stereocenters. The Morgan fingerprint density at radius 2 is 1.87 bits per heavy atom. The van der Waals surface area contributed by atoms with Gasteiger partial charge in [0.25, 0.3) is 0 Å². The number of hydrogen-bond acceptors (Lipinski definition) is 5. The van der Waals surface area contributed by atoms with Crippen LogP contribution in [-0.2, 0) is 11.3 Å². The molecular weight excluding hydrogens is 478 g/mol. The van der Waals surface area contributed by atoms with Crippen LogP contribution in [0.15, 0.2) is 82.4 Å². The van der Waals surface area contributed by atoms with Crippen molar-refractivity contribution in [1.29, 1.82) is 0 Å². The van der Waals surface area contributed by atoms with Gasteiger partial charge in [-0.1, -0.05) is 45.5 Å². The lowest BCUT2D eigenvalue weighted by molar-refractivity contribution is -0.118. The number of pyridine rings is 1. The van der Waals surface area contributed by atoms with Crippen LogP contribution in [-0.4, -0.2) is 21.6 Å². The van der Waals surface area contributed by atoms with E-state index in [0.29, 0.717) is 13.0 Å². The number of fused-ring (bicyclic) bond motifs is 1. The van der Waals surface area contributed by atoms with Crippen LogP contribution >= 0.6 is 39.0 Å². The number of thioether (sulfide) groups is 1. The number of thiazole rings is 1. The Bertz CT molecular complexity index is 1120. The van der Waals surface area contributed by atoms with Gasteiger partial charge in [-0.2, -0.15) is 0 Å². The smallest absolute Gasteiger partial charge is 0.229 e. The first kappa shape index (κ1) is 21.0. The van der Waals surface area contributed by atoms with E-state index in [1.54, 1.807) is 40.4 Å². The van der Waals surface area contributed by atoms with Crippen molar-refractivity contribution in [1.82, 2.24) is 9.97 Å². The van der Waals surface area contributed by atoms with Gasteiger partial charge in [0.2, 0.25) is 5.91 Å². The number of benzene rings is 2. The first-order valence-electron chi connectivity index (χ1n) is 9.62. The van der Waals surface area contributed by atoms with E-state index in [1.807, 2.05) is 48.5 Å². The van der Waals surface area contributed by atoms with Crippen LogP contribution in [0.5, 0.6) is 0 Å². The molecule has 4 aromatic rings. The van der Waals surface area contributed by atoms with Crippen molar-refractivity contribution >= 4 is 60.3 Å². The van der Waals surface area contributed by atoms with E-state index < -0.39 is 0 Å². The molecule has 0 aliphatic rings. The summed E-state index contributed by atoms with van der Waals surface area (Å²) in [5.41, 5.74) is 1.95. The number of nitrogens with zero attached hydrogens (tertiary/aromatic N) is 3. The van der Waals surface area contributed by atoms with Crippen LogP contribution in [0.1, 0.15) is 18.4 Å². The van der Waals surface area contributed by atoms with Crippen molar-refractivity contribution in [3.63, 3.8) is 0 Å². The van der Waals surface area contributed by atoms with E-state index in [9.17, 15) is 4.79 Å². The van der Waals surface area contributed by atoms with Crippen LogP contribution in [0.25, 0.3) is 10.2 Å². The standard InChI is InChI=1S/C23H20BrN3OS2/c24-18-8-9-20-21(15-18)30-23(26-20)27(16-17-10-12-25-13-11-17)22(28)7-4-14-29-19-5-2-1-3-6-19/h1-3,5-6,8-13,15H,4,7,14,16H2. The summed E-state index contributed by atoms with van der Waals surface area (Å²) < 4.78 is 2.07. The highest BCUT2D eigenvalue weighted by Crippen LogP contribution is 2.32. The average Bonchev–Trinajstić information content (AvgIpc) is 3.19. The molecule has 0 saturated carbocycles. The van der Waals surface area contributed by atoms with Gasteiger partial charge in [-0.15, -0.1) is 11.8 Å². The molecule has 152 valence electrons. The highest BCUT2D eigenvalue weighted by atomic mass is 79.9. The van der Waals surface area contributed by atoms with E-state index in [4.69, 9.17) is 4.98 Å². The van der Waals surface area contributed by atoms with E-state index in [0.717, 1.165) is 37.6 Å². The first-order valence-corrected chi connectivity index (χ1v) is 12.2. The Morgan fingerprint density at radius 1 is 1.07 bits per heavy atom. The van der Waals surface area contributed by atoms with Gasteiger partial charge in [0.05, 0.1) is 16.8 Å². The molecule has 7 heteroatoms. The normalized spacial score (nSPS) is 11.0. The fraction of sp³-hybridized carbons (Fsp3) is 0.174. The van der Waals surface area contributed by atoms with E-state index in [2.05, 4.69) is 33.0 Å². The number of carbonyl (C=O) groups excluding carboxylic acids is 1. The Balaban J connectivity index is 1.48. The third-order valence-corrected chi connectivity index (χ3v) is 7.14. The van der Waals surface area contributed by atoms with Crippen molar-refractivity contribution in [3.8, 4) is 0 Å². The van der Waals surface area contributed by atoms with Crippen molar-refractivity contribution in [2.45, 2.75) is 24.3 Å². The molecule has 1 amide bonds. The van der Waals surface area contributed by atoms with Crippen LogP contribution in [0.2, 0.25) is 0 Å². The molecule has 0 spiro atoms. The van der Waals surface area contributed by atoms with Gasteiger partial charge in [-0.05, 0) is 60.2 Å². The lowest BCUT2D eigenvalue weighted by atomic mass is 10.2. The zero-order valence-electron chi connectivity index (χ0n) is 16.2. The second-order valence-electron chi connectivity index (χ2n) is 6.71.